The maximum absolute atomic E-state index is 12.2. The molecule has 0 aliphatic carbocycles. The molecular formula is C21H25BrN2O4. The second-order valence-electron chi connectivity index (χ2n) is 6.14. The summed E-state index contributed by atoms with van der Waals surface area (Å²) in [4.78, 5) is 24.1. The SMILES string of the molecule is CCCCOc1ccc(C(=O)NNC(=O)COc2ccc(CC)cc2)cc1Br. The summed E-state index contributed by atoms with van der Waals surface area (Å²) in [7, 11) is 0. The Hall–Kier alpha value is -2.54. The van der Waals surface area contributed by atoms with Crippen molar-refractivity contribution in [1.29, 1.82) is 0 Å². The fourth-order valence-corrected chi connectivity index (χ4v) is 2.78. The summed E-state index contributed by atoms with van der Waals surface area (Å²) in [6.45, 7) is 4.59. The van der Waals surface area contributed by atoms with Crippen LogP contribution < -0.4 is 20.3 Å². The van der Waals surface area contributed by atoms with E-state index in [1.807, 2.05) is 24.3 Å². The van der Waals surface area contributed by atoms with Crippen LogP contribution in [-0.4, -0.2) is 25.0 Å². The van der Waals surface area contributed by atoms with Gasteiger partial charge in [-0.3, -0.25) is 20.4 Å². The van der Waals surface area contributed by atoms with E-state index in [1.165, 1.54) is 5.56 Å². The molecule has 0 atom stereocenters. The largest absolute Gasteiger partial charge is 0.492 e. The van der Waals surface area contributed by atoms with Gasteiger partial charge in [-0.2, -0.15) is 0 Å². The van der Waals surface area contributed by atoms with Gasteiger partial charge in [-0.15, -0.1) is 0 Å². The Morgan fingerprint density at radius 1 is 1.00 bits per heavy atom. The van der Waals surface area contributed by atoms with E-state index in [0.29, 0.717) is 28.1 Å². The first-order valence-corrected chi connectivity index (χ1v) is 10.1. The van der Waals surface area contributed by atoms with Gasteiger partial charge >= 0.3 is 0 Å². The van der Waals surface area contributed by atoms with Gasteiger partial charge in [0.1, 0.15) is 11.5 Å². The molecule has 0 aromatic heterocycles. The third-order valence-corrected chi connectivity index (χ3v) is 4.59. The van der Waals surface area contributed by atoms with Crippen LogP contribution in [0.15, 0.2) is 46.9 Å². The molecule has 0 fully saturated rings. The van der Waals surface area contributed by atoms with Crippen molar-refractivity contribution < 1.29 is 19.1 Å². The van der Waals surface area contributed by atoms with Gasteiger partial charge in [0.15, 0.2) is 6.61 Å². The van der Waals surface area contributed by atoms with E-state index < -0.39 is 11.8 Å². The van der Waals surface area contributed by atoms with Crippen molar-refractivity contribution >= 4 is 27.7 Å². The molecule has 6 nitrogen and oxygen atoms in total. The molecule has 28 heavy (non-hydrogen) atoms. The van der Waals surface area contributed by atoms with Crippen LogP contribution >= 0.6 is 15.9 Å². The van der Waals surface area contributed by atoms with Crippen LogP contribution in [0.1, 0.15) is 42.6 Å². The molecule has 0 aliphatic heterocycles. The zero-order chi connectivity index (χ0) is 20.4. The van der Waals surface area contributed by atoms with Crippen LogP contribution in [0.4, 0.5) is 0 Å². The zero-order valence-corrected chi connectivity index (χ0v) is 17.7. The Morgan fingerprint density at radius 3 is 2.39 bits per heavy atom. The molecule has 2 aromatic carbocycles. The molecule has 0 saturated heterocycles. The van der Waals surface area contributed by atoms with Crippen molar-refractivity contribution in [2.24, 2.45) is 0 Å². The number of nitrogens with one attached hydrogen (secondary N) is 2. The third kappa shape index (κ3) is 6.88. The first-order chi connectivity index (χ1) is 13.5. The van der Waals surface area contributed by atoms with Gasteiger partial charge in [0.2, 0.25) is 0 Å². The van der Waals surface area contributed by atoms with Gasteiger partial charge in [-0.05, 0) is 64.7 Å². The lowest BCUT2D eigenvalue weighted by Crippen LogP contribution is -2.43. The third-order valence-electron chi connectivity index (χ3n) is 3.97. The summed E-state index contributed by atoms with van der Waals surface area (Å²) in [6.07, 6.45) is 2.95. The fraction of sp³-hybridized carbons (Fsp3) is 0.333. The summed E-state index contributed by atoms with van der Waals surface area (Å²) in [5.41, 5.74) is 6.30. The predicted molar refractivity (Wildman–Crippen MR) is 111 cm³/mol. The highest BCUT2D eigenvalue weighted by Crippen LogP contribution is 2.26. The van der Waals surface area contributed by atoms with Crippen LogP contribution in [0, 0.1) is 0 Å². The summed E-state index contributed by atoms with van der Waals surface area (Å²) in [5.74, 6) is 0.394. The number of amides is 2. The Balaban J connectivity index is 1.78. The van der Waals surface area contributed by atoms with Crippen LogP contribution in [0.3, 0.4) is 0 Å². The summed E-state index contributed by atoms with van der Waals surface area (Å²) in [5, 5.41) is 0. The van der Waals surface area contributed by atoms with Gasteiger partial charge in [-0.1, -0.05) is 32.4 Å². The average molecular weight is 449 g/mol. The monoisotopic (exact) mass is 448 g/mol. The normalized spacial score (nSPS) is 10.2. The minimum atomic E-state index is -0.452. The molecule has 0 bridgehead atoms. The number of carbonyl (C=O) groups excluding carboxylic acids is 2. The second kappa shape index (κ2) is 11.3. The number of hydrogen-bond acceptors (Lipinski definition) is 4. The highest BCUT2D eigenvalue weighted by molar-refractivity contribution is 9.10. The Bertz CT molecular complexity index is 793. The van der Waals surface area contributed by atoms with Crippen molar-refractivity contribution in [3.05, 3.63) is 58.1 Å². The molecule has 0 radical (unpaired) electrons. The first kappa shape index (κ1) is 21.8. The number of aryl methyl sites for hydroxylation is 1. The molecule has 150 valence electrons. The molecule has 2 N–H and O–H groups in total. The highest BCUT2D eigenvalue weighted by Gasteiger charge is 2.11. The molecule has 0 aliphatic rings. The Morgan fingerprint density at radius 2 is 1.75 bits per heavy atom. The number of halogens is 1. The highest BCUT2D eigenvalue weighted by atomic mass is 79.9. The van der Waals surface area contributed by atoms with E-state index in [0.717, 1.165) is 19.3 Å². The molecule has 0 heterocycles. The van der Waals surface area contributed by atoms with Gasteiger partial charge < -0.3 is 9.47 Å². The molecule has 0 unspecified atom stereocenters. The number of rotatable bonds is 9. The number of hydrogen-bond donors (Lipinski definition) is 2. The quantitative estimate of drug-likeness (QED) is 0.448. The van der Waals surface area contributed by atoms with Crippen LogP contribution in [0.2, 0.25) is 0 Å². The lowest BCUT2D eigenvalue weighted by atomic mass is 10.2. The second-order valence-corrected chi connectivity index (χ2v) is 6.99. The van der Waals surface area contributed by atoms with Crippen molar-refractivity contribution in [3.8, 4) is 11.5 Å². The predicted octanol–water partition coefficient (Wildman–Crippen LogP) is 4.03. The summed E-state index contributed by atoms with van der Waals surface area (Å²) >= 11 is 3.40. The van der Waals surface area contributed by atoms with Gasteiger partial charge in [-0.25, -0.2) is 0 Å². The lowest BCUT2D eigenvalue weighted by molar-refractivity contribution is -0.123. The number of unbranched alkanes of at least 4 members (excludes halogenated alkanes) is 1. The van der Waals surface area contributed by atoms with E-state index >= 15 is 0 Å². The average Bonchev–Trinajstić information content (AvgIpc) is 2.72. The lowest BCUT2D eigenvalue weighted by Gasteiger charge is -2.11. The topological polar surface area (TPSA) is 76.7 Å². The molecule has 2 amide bonds. The number of carbonyl (C=O) groups is 2. The molecule has 0 saturated carbocycles. The standard InChI is InChI=1S/C21H25BrN2O4/c1-3-5-12-27-19-11-8-16(13-18(19)22)21(26)24-23-20(25)14-28-17-9-6-15(4-2)7-10-17/h6-11,13H,3-5,12,14H2,1-2H3,(H,23,25)(H,24,26). The van der Waals surface area contributed by atoms with Gasteiger partial charge in [0.25, 0.3) is 11.8 Å². The van der Waals surface area contributed by atoms with E-state index in [-0.39, 0.29) is 6.61 Å². The molecule has 7 heteroatoms. The first-order valence-electron chi connectivity index (χ1n) is 9.26. The minimum absolute atomic E-state index is 0.195. The molecular weight excluding hydrogens is 424 g/mol. The van der Waals surface area contributed by atoms with Crippen molar-refractivity contribution in [2.45, 2.75) is 33.1 Å². The maximum atomic E-state index is 12.2. The van der Waals surface area contributed by atoms with Crippen molar-refractivity contribution in [3.63, 3.8) is 0 Å². The van der Waals surface area contributed by atoms with Gasteiger partial charge in [0, 0.05) is 5.56 Å². The van der Waals surface area contributed by atoms with E-state index in [2.05, 4.69) is 40.6 Å². The summed E-state index contributed by atoms with van der Waals surface area (Å²) < 4.78 is 11.7. The van der Waals surface area contributed by atoms with Crippen LogP contribution in [0.5, 0.6) is 11.5 Å². The van der Waals surface area contributed by atoms with Crippen LogP contribution in [-0.2, 0) is 11.2 Å². The number of hydrazine groups is 1. The Kier molecular flexibility index (Phi) is 8.81. The van der Waals surface area contributed by atoms with E-state index in [4.69, 9.17) is 9.47 Å². The minimum Gasteiger partial charge on any atom is -0.492 e. The summed E-state index contributed by atoms with van der Waals surface area (Å²) in [6, 6.07) is 12.5. The van der Waals surface area contributed by atoms with Crippen molar-refractivity contribution in [1.82, 2.24) is 10.9 Å². The number of benzene rings is 2. The maximum Gasteiger partial charge on any atom is 0.276 e. The van der Waals surface area contributed by atoms with Crippen molar-refractivity contribution in [2.75, 3.05) is 13.2 Å². The molecule has 2 aromatic rings. The number of ether oxygens (including phenoxy) is 2. The Labute approximate surface area is 173 Å². The fourth-order valence-electron chi connectivity index (χ4n) is 2.29. The molecule has 0 spiro atoms. The van der Waals surface area contributed by atoms with E-state index in [1.54, 1.807) is 18.2 Å². The van der Waals surface area contributed by atoms with Crippen LogP contribution in [0.25, 0.3) is 0 Å². The van der Waals surface area contributed by atoms with Gasteiger partial charge in [0.05, 0.1) is 11.1 Å². The zero-order valence-electron chi connectivity index (χ0n) is 16.1. The molecule has 2 rings (SSSR count). The smallest absolute Gasteiger partial charge is 0.276 e. The van der Waals surface area contributed by atoms with E-state index in [9.17, 15) is 9.59 Å².